The Balaban J connectivity index is 1.79. The van der Waals surface area contributed by atoms with Crippen LogP contribution in [0.15, 0.2) is 91.0 Å². The van der Waals surface area contributed by atoms with E-state index in [2.05, 4.69) is 0 Å². The van der Waals surface area contributed by atoms with Gasteiger partial charge in [0.2, 0.25) is 6.29 Å². The van der Waals surface area contributed by atoms with Gasteiger partial charge in [0.15, 0.2) is 18.3 Å². The molecule has 1 saturated heterocycles. The van der Waals surface area contributed by atoms with Gasteiger partial charge in [-0.05, 0) is 42.7 Å². The van der Waals surface area contributed by atoms with Crippen LogP contribution in [0.4, 0.5) is 0 Å². The van der Waals surface area contributed by atoms with Crippen LogP contribution in [0.5, 0.6) is 0 Å². The Hall–Kier alpha value is -3.90. The average molecular weight is 699 g/mol. The largest absolute Gasteiger partial charge is 0.477 e. The number of carbonyl (C=O) groups excluding carboxylic acids is 3. The summed E-state index contributed by atoms with van der Waals surface area (Å²) in [7, 11) is -3.27. The Kier molecular flexibility index (Phi) is 15.0. The summed E-state index contributed by atoms with van der Waals surface area (Å²) in [4.78, 5) is 40.5. The SMILES string of the molecule is CCCCOP(=O)(OCCCC)O[C@H]1O[C@H](C(=O)OC)[C@@H](OCc2ccccc2)[C@H](OC(=O)c2ccccc2)[C@H]1OC(=O)c1ccccc1. The highest BCUT2D eigenvalue weighted by atomic mass is 31.2. The molecule has 1 aliphatic heterocycles. The number of phosphoric acid groups is 1. The highest BCUT2D eigenvalue weighted by Gasteiger charge is 2.56. The first-order valence-corrected chi connectivity index (χ1v) is 17.7. The smallest absolute Gasteiger partial charge is 0.467 e. The van der Waals surface area contributed by atoms with Gasteiger partial charge in [0.05, 0.1) is 38.1 Å². The average Bonchev–Trinajstić information content (AvgIpc) is 3.13. The van der Waals surface area contributed by atoms with Gasteiger partial charge < -0.3 is 23.7 Å². The van der Waals surface area contributed by atoms with Crippen LogP contribution in [-0.2, 0) is 53.2 Å². The lowest BCUT2D eigenvalue weighted by Crippen LogP contribution is -2.63. The number of hydrogen-bond acceptors (Lipinski definition) is 12. The van der Waals surface area contributed by atoms with E-state index in [0.29, 0.717) is 12.8 Å². The third kappa shape index (κ3) is 11.1. The Bertz CT molecular complexity index is 1490. The van der Waals surface area contributed by atoms with Gasteiger partial charge in [0.25, 0.3) is 0 Å². The fraction of sp³-hybridized carbons (Fsp3) is 0.417. The summed E-state index contributed by atoms with van der Waals surface area (Å²) in [5.74, 6) is -2.56. The summed E-state index contributed by atoms with van der Waals surface area (Å²) in [6.45, 7) is 3.86. The van der Waals surface area contributed by atoms with Gasteiger partial charge in [0, 0.05) is 0 Å². The molecule has 0 bridgehead atoms. The highest BCUT2D eigenvalue weighted by Crippen LogP contribution is 2.53. The van der Waals surface area contributed by atoms with Crippen LogP contribution in [0, 0.1) is 0 Å². The van der Waals surface area contributed by atoms with Gasteiger partial charge in [-0.2, -0.15) is 0 Å². The number of methoxy groups -OCH3 is 1. The minimum Gasteiger partial charge on any atom is -0.467 e. The van der Waals surface area contributed by atoms with Crippen molar-refractivity contribution < 1.29 is 56.2 Å². The second kappa shape index (κ2) is 19.3. The van der Waals surface area contributed by atoms with Crippen molar-refractivity contribution >= 4 is 25.7 Å². The van der Waals surface area contributed by atoms with E-state index in [1.165, 1.54) is 24.3 Å². The molecule has 0 amide bonds. The van der Waals surface area contributed by atoms with Crippen molar-refractivity contribution in [1.29, 1.82) is 0 Å². The van der Waals surface area contributed by atoms with Crippen molar-refractivity contribution in [1.82, 2.24) is 0 Å². The van der Waals surface area contributed by atoms with Crippen LogP contribution in [0.2, 0.25) is 0 Å². The number of carbonyl (C=O) groups is 3. The van der Waals surface area contributed by atoms with Crippen molar-refractivity contribution in [3.63, 3.8) is 0 Å². The molecule has 5 atom stereocenters. The highest BCUT2D eigenvalue weighted by molar-refractivity contribution is 7.48. The molecule has 12 nitrogen and oxygen atoms in total. The third-order valence-corrected chi connectivity index (χ3v) is 8.91. The van der Waals surface area contributed by atoms with Crippen LogP contribution < -0.4 is 0 Å². The van der Waals surface area contributed by atoms with Gasteiger partial charge in [-0.15, -0.1) is 0 Å². The lowest BCUT2D eigenvalue weighted by Gasteiger charge is -2.44. The zero-order valence-corrected chi connectivity index (χ0v) is 28.7. The Morgan fingerprint density at radius 2 is 1.18 bits per heavy atom. The Morgan fingerprint density at radius 1 is 0.694 bits per heavy atom. The Morgan fingerprint density at radius 3 is 1.67 bits per heavy atom. The minimum atomic E-state index is -4.42. The Labute approximate surface area is 286 Å². The molecule has 13 heteroatoms. The molecule has 1 heterocycles. The molecule has 3 aromatic carbocycles. The molecular formula is C36H43O12P. The van der Waals surface area contributed by atoms with Crippen LogP contribution in [0.1, 0.15) is 65.8 Å². The van der Waals surface area contributed by atoms with Crippen LogP contribution >= 0.6 is 7.82 Å². The second-order valence-corrected chi connectivity index (χ2v) is 12.7. The maximum Gasteiger partial charge on any atom is 0.477 e. The third-order valence-electron chi connectivity index (χ3n) is 7.45. The molecule has 1 fully saturated rings. The van der Waals surface area contributed by atoms with Crippen LogP contribution in [0.25, 0.3) is 0 Å². The monoisotopic (exact) mass is 698 g/mol. The predicted molar refractivity (Wildman–Crippen MR) is 177 cm³/mol. The second-order valence-electron chi connectivity index (χ2n) is 11.1. The molecule has 0 saturated carbocycles. The molecule has 0 radical (unpaired) electrons. The molecule has 0 aromatic heterocycles. The summed E-state index contributed by atoms with van der Waals surface area (Å²) < 4.78 is 60.6. The number of unbranched alkanes of at least 4 members (excludes halogenated alkanes) is 2. The van der Waals surface area contributed by atoms with Crippen molar-refractivity contribution in [2.45, 2.75) is 76.8 Å². The van der Waals surface area contributed by atoms with Gasteiger partial charge >= 0.3 is 25.7 Å². The van der Waals surface area contributed by atoms with E-state index in [0.717, 1.165) is 25.5 Å². The molecule has 49 heavy (non-hydrogen) atoms. The van der Waals surface area contributed by atoms with E-state index >= 15 is 0 Å². The quantitative estimate of drug-likeness (QED) is 0.0605. The molecule has 1 aliphatic rings. The summed E-state index contributed by atoms with van der Waals surface area (Å²) in [5, 5.41) is 0. The first-order valence-electron chi connectivity index (χ1n) is 16.3. The molecule has 0 spiro atoms. The van der Waals surface area contributed by atoms with E-state index in [-0.39, 0.29) is 30.9 Å². The standard InChI is InChI=1S/C36H43O12P/c1-4-6-23-43-49(40,44-24-7-5-2)48-36-32(46-34(38)28-21-15-10-16-22-28)30(45-33(37)27-19-13-9-14-20-27)29(31(47-36)35(39)41-3)42-25-26-17-11-8-12-18-26/h8-22,29-32,36H,4-7,23-25H2,1-3H3/t29-,30-,31-,32+,36+/m0/s1. The molecule has 0 N–H and O–H groups in total. The van der Waals surface area contributed by atoms with Gasteiger partial charge in [0.1, 0.15) is 6.10 Å². The summed E-state index contributed by atoms with van der Waals surface area (Å²) in [5.41, 5.74) is 1.06. The summed E-state index contributed by atoms with van der Waals surface area (Å²) in [6.07, 6.45) is -5.44. The normalized spacial score (nSPS) is 20.7. The zero-order chi connectivity index (χ0) is 35.1. The van der Waals surface area contributed by atoms with E-state index in [1.807, 2.05) is 32.0 Å². The number of benzene rings is 3. The molecule has 0 aliphatic carbocycles. The van der Waals surface area contributed by atoms with Gasteiger partial charge in [-0.1, -0.05) is 93.4 Å². The lowest BCUT2D eigenvalue weighted by molar-refractivity contribution is -0.283. The summed E-state index contributed by atoms with van der Waals surface area (Å²) >= 11 is 0. The molecule has 264 valence electrons. The maximum atomic E-state index is 14.1. The topological polar surface area (TPSA) is 142 Å². The van der Waals surface area contributed by atoms with Crippen molar-refractivity contribution in [2.75, 3.05) is 20.3 Å². The number of rotatable bonds is 18. The maximum absolute atomic E-state index is 14.1. The van der Waals surface area contributed by atoms with Crippen LogP contribution in [0.3, 0.4) is 0 Å². The van der Waals surface area contributed by atoms with Gasteiger partial charge in [-0.25, -0.2) is 18.9 Å². The van der Waals surface area contributed by atoms with E-state index < -0.39 is 56.4 Å². The van der Waals surface area contributed by atoms with Gasteiger partial charge in [-0.3, -0.25) is 13.6 Å². The fourth-order valence-electron chi connectivity index (χ4n) is 4.81. The molecule has 0 unspecified atom stereocenters. The van der Waals surface area contributed by atoms with E-state index in [4.69, 9.17) is 37.3 Å². The number of phosphoric ester groups is 1. The molecule has 3 aromatic rings. The minimum absolute atomic E-state index is 0.0246. The lowest BCUT2D eigenvalue weighted by atomic mass is 9.97. The predicted octanol–water partition coefficient (Wildman–Crippen LogP) is 6.68. The molecular weight excluding hydrogens is 655 g/mol. The number of esters is 3. The first-order chi connectivity index (χ1) is 23.8. The van der Waals surface area contributed by atoms with Crippen LogP contribution in [-0.4, -0.2) is 68.9 Å². The number of ether oxygens (including phenoxy) is 5. The van der Waals surface area contributed by atoms with Crippen molar-refractivity contribution in [3.05, 3.63) is 108 Å². The van der Waals surface area contributed by atoms with Crippen molar-refractivity contribution in [3.8, 4) is 0 Å². The fourth-order valence-corrected chi connectivity index (χ4v) is 6.13. The van der Waals surface area contributed by atoms with Crippen molar-refractivity contribution in [2.24, 2.45) is 0 Å². The summed E-state index contributed by atoms with van der Waals surface area (Å²) in [6, 6.07) is 25.2. The number of hydrogen-bond donors (Lipinski definition) is 0. The first kappa shape index (κ1) is 37.9. The van der Waals surface area contributed by atoms with E-state index in [9.17, 15) is 18.9 Å². The van der Waals surface area contributed by atoms with E-state index in [1.54, 1.807) is 48.5 Å². The molecule has 4 rings (SSSR count). The zero-order valence-electron chi connectivity index (χ0n) is 27.8.